The second-order valence-electron chi connectivity index (χ2n) is 5.83. The molecular weight excluding hydrogens is 262 g/mol. The molecule has 0 saturated carbocycles. The maximum atomic E-state index is 12.0. The van der Waals surface area contributed by atoms with Crippen LogP contribution in [0.25, 0.3) is 0 Å². The quantitative estimate of drug-likeness (QED) is 0.811. The number of amides is 1. The number of nitrogens with two attached hydrogens (primary N) is 1. The van der Waals surface area contributed by atoms with Gasteiger partial charge in [0.25, 0.3) is 0 Å². The summed E-state index contributed by atoms with van der Waals surface area (Å²) in [5.74, 6) is 0.0640. The van der Waals surface area contributed by atoms with Gasteiger partial charge in [-0.2, -0.15) is 0 Å². The lowest BCUT2D eigenvalue weighted by Crippen LogP contribution is -2.40. The first-order valence-corrected chi connectivity index (χ1v) is 7.83. The zero-order chi connectivity index (χ0) is 16.0. The molecule has 2 atom stereocenters. The van der Waals surface area contributed by atoms with Gasteiger partial charge in [-0.25, -0.2) is 0 Å². The summed E-state index contributed by atoms with van der Waals surface area (Å²) >= 11 is 0. The van der Waals surface area contributed by atoms with E-state index in [0.29, 0.717) is 6.04 Å². The minimum atomic E-state index is -0.461. The minimum absolute atomic E-state index is 0.117. The fourth-order valence-electron chi connectivity index (χ4n) is 2.32. The molecule has 0 heterocycles. The lowest BCUT2D eigenvalue weighted by molar-refractivity contribution is -0.118. The van der Waals surface area contributed by atoms with Gasteiger partial charge in [0, 0.05) is 24.0 Å². The molecule has 0 fully saturated rings. The van der Waals surface area contributed by atoms with E-state index in [2.05, 4.69) is 31.0 Å². The van der Waals surface area contributed by atoms with Crippen LogP contribution in [0.3, 0.4) is 0 Å². The van der Waals surface area contributed by atoms with Gasteiger partial charge in [0.2, 0.25) is 5.91 Å². The summed E-state index contributed by atoms with van der Waals surface area (Å²) in [5, 5.41) is 2.89. The maximum Gasteiger partial charge on any atom is 0.241 e. The van der Waals surface area contributed by atoms with Crippen LogP contribution in [0.1, 0.15) is 41.0 Å². The molecule has 21 heavy (non-hydrogen) atoms. The molecule has 4 nitrogen and oxygen atoms in total. The first-order chi connectivity index (χ1) is 9.90. The Balaban J connectivity index is 2.73. The Kier molecular flexibility index (Phi) is 6.69. The molecule has 0 bridgehead atoms. The van der Waals surface area contributed by atoms with E-state index in [4.69, 9.17) is 5.73 Å². The van der Waals surface area contributed by atoms with Crippen LogP contribution in [-0.2, 0) is 4.79 Å². The Labute approximate surface area is 128 Å². The van der Waals surface area contributed by atoms with E-state index in [1.165, 1.54) is 0 Å². The molecular formula is C17H29N3O. The smallest absolute Gasteiger partial charge is 0.241 e. The number of rotatable bonds is 7. The van der Waals surface area contributed by atoms with E-state index >= 15 is 0 Å². The fraction of sp³-hybridized carbons (Fsp3) is 0.588. The lowest BCUT2D eigenvalue weighted by Gasteiger charge is -2.27. The van der Waals surface area contributed by atoms with E-state index in [-0.39, 0.29) is 11.8 Å². The minimum Gasteiger partial charge on any atom is -0.369 e. The first-order valence-electron chi connectivity index (χ1n) is 7.83. The zero-order valence-corrected chi connectivity index (χ0v) is 13.9. The van der Waals surface area contributed by atoms with Crippen LogP contribution in [0.5, 0.6) is 0 Å². The molecule has 1 aromatic carbocycles. The number of nitrogens with zero attached hydrogens (tertiary/aromatic N) is 1. The van der Waals surface area contributed by atoms with E-state index in [0.717, 1.165) is 24.3 Å². The molecule has 0 radical (unpaired) electrons. The van der Waals surface area contributed by atoms with Crippen LogP contribution in [0.2, 0.25) is 0 Å². The van der Waals surface area contributed by atoms with E-state index < -0.39 is 6.04 Å². The number of anilines is 2. The number of hydrogen-bond donors (Lipinski definition) is 2. The highest BCUT2D eigenvalue weighted by Gasteiger charge is 2.19. The van der Waals surface area contributed by atoms with Gasteiger partial charge >= 0.3 is 0 Å². The van der Waals surface area contributed by atoms with Crippen LogP contribution in [0, 0.1) is 5.92 Å². The van der Waals surface area contributed by atoms with Crippen LogP contribution >= 0.6 is 0 Å². The predicted molar refractivity (Wildman–Crippen MR) is 90.7 cm³/mol. The molecule has 0 unspecified atom stereocenters. The van der Waals surface area contributed by atoms with Gasteiger partial charge in [0.1, 0.15) is 0 Å². The highest BCUT2D eigenvalue weighted by Crippen LogP contribution is 2.20. The topological polar surface area (TPSA) is 58.4 Å². The highest BCUT2D eigenvalue weighted by molar-refractivity contribution is 5.95. The average Bonchev–Trinajstić information content (AvgIpc) is 2.47. The molecule has 118 valence electrons. The molecule has 3 N–H and O–H groups in total. The van der Waals surface area contributed by atoms with Crippen molar-refractivity contribution in [2.75, 3.05) is 16.8 Å². The number of nitrogens with one attached hydrogen (secondary N) is 1. The highest BCUT2D eigenvalue weighted by atomic mass is 16.2. The van der Waals surface area contributed by atoms with Crippen molar-refractivity contribution in [1.29, 1.82) is 0 Å². The zero-order valence-electron chi connectivity index (χ0n) is 13.9. The fourth-order valence-corrected chi connectivity index (χ4v) is 2.32. The third kappa shape index (κ3) is 4.74. The molecule has 0 aliphatic rings. The van der Waals surface area contributed by atoms with Gasteiger partial charge in [-0.3, -0.25) is 4.79 Å². The largest absolute Gasteiger partial charge is 0.369 e. The molecule has 0 spiro atoms. The lowest BCUT2D eigenvalue weighted by atomic mass is 9.99. The van der Waals surface area contributed by atoms with Crippen molar-refractivity contribution in [3.8, 4) is 0 Å². The Morgan fingerprint density at radius 3 is 2.19 bits per heavy atom. The third-order valence-corrected chi connectivity index (χ3v) is 3.99. The molecule has 0 saturated heterocycles. The van der Waals surface area contributed by atoms with E-state index in [9.17, 15) is 4.79 Å². The number of benzene rings is 1. The summed E-state index contributed by atoms with van der Waals surface area (Å²) in [6.45, 7) is 11.5. The van der Waals surface area contributed by atoms with E-state index in [1.54, 1.807) is 0 Å². The number of carbonyl (C=O) groups excluding carboxylic acids is 1. The van der Waals surface area contributed by atoms with Gasteiger partial charge < -0.3 is 16.0 Å². The molecule has 0 aliphatic heterocycles. The molecule has 4 heteroatoms. The molecule has 1 aromatic rings. The maximum absolute atomic E-state index is 12.0. The second kappa shape index (κ2) is 8.03. The SMILES string of the molecule is CC[C@H](C)[C@H](N)C(=O)Nc1ccc(N(CC)C(C)C)cc1. The summed E-state index contributed by atoms with van der Waals surface area (Å²) in [5.41, 5.74) is 7.90. The van der Waals surface area contributed by atoms with Crippen molar-refractivity contribution in [3.05, 3.63) is 24.3 Å². The van der Waals surface area contributed by atoms with Crippen LogP contribution in [0.4, 0.5) is 11.4 Å². The summed E-state index contributed by atoms with van der Waals surface area (Å²) < 4.78 is 0. The summed E-state index contributed by atoms with van der Waals surface area (Å²) in [6.07, 6.45) is 0.896. The van der Waals surface area contributed by atoms with Crippen molar-refractivity contribution >= 4 is 17.3 Å². The molecule has 1 rings (SSSR count). The molecule has 0 aliphatic carbocycles. The van der Waals surface area contributed by atoms with Crippen molar-refractivity contribution < 1.29 is 4.79 Å². The summed E-state index contributed by atoms with van der Waals surface area (Å²) in [4.78, 5) is 14.4. The Morgan fingerprint density at radius 1 is 1.19 bits per heavy atom. The summed E-state index contributed by atoms with van der Waals surface area (Å²) in [6, 6.07) is 7.93. The van der Waals surface area contributed by atoms with Gasteiger partial charge in [-0.15, -0.1) is 0 Å². The normalized spacial score (nSPS) is 13.9. The Hall–Kier alpha value is -1.55. The Morgan fingerprint density at radius 2 is 1.76 bits per heavy atom. The van der Waals surface area contributed by atoms with Crippen molar-refractivity contribution in [2.45, 2.75) is 53.1 Å². The van der Waals surface area contributed by atoms with Crippen LogP contribution in [0.15, 0.2) is 24.3 Å². The monoisotopic (exact) mass is 291 g/mol. The standard InChI is InChI=1S/C17H29N3O/c1-6-13(5)16(18)17(21)19-14-8-10-15(11-9-14)20(7-2)12(3)4/h8-13,16H,6-7,18H2,1-5H3,(H,19,21)/t13-,16-/m0/s1. The van der Waals surface area contributed by atoms with Crippen molar-refractivity contribution in [3.63, 3.8) is 0 Å². The van der Waals surface area contributed by atoms with E-state index in [1.807, 2.05) is 38.1 Å². The molecule has 1 amide bonds. The third-order valence-electron chi connectivity index (χ3n) is 3.99. The summed E-state index contributed by atoms with van der Waals surface area (Å²) in [7, 11) is 0. The second-order valence-corrected chi connectivity index (χ2v) is 5.83. The van der Waals surface area contributed by atoms with Crippen LogP contribution in [-0.4, -0.2) is 24.5 Å². The van der Waals surface area contributed by atoms with Gasteiger partial charge in [0.05, 0.1) is 6.04 Å². The Bertz CT molecular complexity index is 442. The van der Waals surface area contributed by atoms with Gasteiger partial charge in [-0.05, 0) is 51.0 Å². The van der Waals surface area contributed by atoms with Gasteiger partial charge in [-0.1, -0.05) is 20.3 Å². The van der Waals surface area contributed by atoms with Crippen molar-refractivity contribution in [1.82, 2.24) is 0 Å². The predicted octanol–water partition coefficient (Wildman–Crippen LogP) is 3.23. The first kappa shape index (κ1) is 17.5. The number of hydrogen-bond acceptors (Lipinski definition) is 3. The van der Waals surface area contributed by atoms with Crippen LogP contribution < -0.4 is 16.0 Å². The average molecular weight is 291 g/mol. The van der Waals surface area contributed by atoms with Crippen molar-refractivity contribution in [2.24, 2.45) is 11.7 Å². The van der Waals surface area contributed by atoms with Gasteiger partial charge in [0.15, 0.2) is 0 Å². The molecule has 0 aromatic heterocycles. The number of carbonyl (C=O) groups is 1.